The van der Waals surface area contributed by atoms with Crippen molar-refractivity contribution in [3.63, 3.8) is 0 Å². The maximum atomic E-state index is 15.6. The minimum absolute atomic E-state index is 0.135. The molecule has 0 saturated carbocycles. The molecule has 5 rings (SSSR count). The van der Waals surface area contributed by atoms with Crippen LogP contribution in [0.2, 0.25) is 10.0 Å². The lowest BCUT2D eigenvalue weighted by Crippen LogP contribution is -2.12. The molecule has 0 bridgehead atoms. The number of Topliss-reactive ketones (excluding diaryl/α,β-unsaturated/α-hetero) is 1. The molecular weight excluding hydrogens is 512 g/mol. The molecule has 2 heterocycles. The van der Waals surface area contributed by atoms with Crippen molar-refractivity contribution in [2.24, 2.45) is 0 Å². The molecule has 0 amide bonds. The van der Waals surface area contributed by atoms with Gasteiger partial charge in [0.15, 0.2) is 5.78 Å². The quantitative estimate of drug-likeness (QED) is 0.230. The van der Waals surface area contributed by atoms with Gasteiger partial charge in [-0.25, -0.2) is 4.39 Å². The summed E-state index contributed by atoms with van der Waals surface area (Å²) in [5.41, 5.74) is 2.84. The molecule has 3 aromatic carbocycles. The molecule has 7 heteroatoms. The van der Waals surface area contributed by atoms with E-state index < -0.39 is 17.7 Å². The van der Waals surface area contributed by atoms with Gasteiger partial charge < -0.3 is 9.51 Å². The number of benzene rings is 3. The zero-order valence-electron chi connectivity index (χ0n) is 19.6. The first-order valence-electron chi connectivity index (χ1n) is 11.4. The summed E-state index contributed by atoms with van der Waals surface area (Å²) in [6, 6.07) is 22.7. The van der Waals surface area contributed by atoms with E-state index in [9.17, 15) is 14.7 Å². The first kappa shape index (κ1) is 24.9. The molecule has 0 aliphatic carbocycles. The highest BCUT2D eigenvalue weighted by Crippen LogP contribution is 2.38. The summed E-state index contributed by atoms with van der Waals surface area (Å²) in [6.07, 6.45) is 0.204. The average molecular weight is 532 g/mol. The van der Waals surface area contributed by atoms with Crippen LogP contribution in [0.5, 0.6) is 0 Å². The number of nitrogens with zero attached hydrogens (tertiary/aromatic N) is 1. The van der Waals surface area contributed by atoms with Crippen LogP contribution in [-0.2, 0) is 0 Å². The van der Waals surface area contributed by atoms with Gasteiger partial charge in [0.2, 0.25) is 5.78 Å². The molecule has 0 saturated heterocycles. The number of aliphatic hydroxyl groups is 1. The highest BCUT2D eigenvalue weighted by molar-refractivity contribution is 6.41. The number of aliphatic hydroxyl groups excluding tert-OH is 1. The van der Waals surface area contributed by atoms with E-state index in [2.05, 4.69) is 0 Å². The summed E-state index contributed by atoms with van der Waals surface area (Å²) in [5.74, 6) is -1.55. The second kappa shape index (κ2) is 9.94. The molecule has 2 aromatic heterocycles. The van der Waals surface area contributed by atoms with Crippen molar-refractivity contribution in [1.29, 1.82) is 0 Å². The maximum absolute atomic E-state index is 15.6. The molecule has 1 N–H and O–H groups in total. The highest BCUT2D eigenvalue weighted by atomic mass is 35.5. The topological polar surface area (TPSA) is 58.8 Å². The van der Waals surface area contributed by atoms with Crippen molar-refractivity contribution in [3.05, 3.63) is 135 Å². The van der Waals surface area contributed by atoms with Gasteiger partial charge in [0.1, 0.15) is 11.9 Å². The number of hydrogen-bond donors (Lipinski definition) is 1. The van der Waals surface area contributed by atoms with Gasteiger partial charge in [-0.2, -0.15) is 0 Å². The third-order valence-electron chi connectivity index (χ3n) is 6.38. The lowest BCUT2D eigenvalue weighted by molar-refractivity contribution is 0.0747. The predicted octanol–water partition coefficient (Wildman–Crippen LogP) is 7.51. The van der Waals surface area contributed by atoms with E-state index in [1.165, 1.54) is 12.1 Å². The number of aromatic nitrogens is 1. The SMILES string of the molecule is Cc1c(-c2ccc(C(O)C(=O)c3ccccc3)cc2F)c2ccccn2c1C(=O)c1c(Cl)cccc1Cl. The van der Waals surface area contributed by atoms with Crippen LogP contribution in [0.1, 0.15) is 43.6 Å². The smallest absolute Gasteiger partial charge is 0.213 e. The third-order valence-corrected chi connectivity index (χ3v) is 7.01. The van der Waals surface area contributed by atoms with Gasteiger partial charge in [-0.1, -0.05) is 77.8 Å². The molecule has 4 nitrogen and oxygen atoms in total. The number of hydrogen-bond acceptors (Lipinski definition) is 3. The normalized spacial score (nSPS) is 12.0. The molecule has 0 fully saturated rings. The van der Waals surface area contributed by atoms with Gasteiger partial charge in [-0.3, -0.25) is 9.59 Å². The largest absolute Gasteiger partial charge is 0.380 e. The summed E-state index contributed by atoms with van der Waals surface area (Å²) in [5, 5.41) is 11.1. The molecule has 1 atom stereocenters. The molecule has 37 heavy (non-hydrogen) atoms. The Labute approximate surface area is 222 Å². The van der Waals surface area contributed by atoms with E-state index in [4.69, 9.17) is 23.2 Å². The number of halogens is 3. The number of fused-ring (bicyclic) bond motifs is 1. The lowest BCUT2D eigenvalue weighted by Gasteiger charge is -2.12. The van der Waals surface area contributed by atoms with Crippen molar-refractivity contribution < 1.29 is 19.1 Å². The van der Waals surface area contributed by atoms with Crippen LogP contribution < -0.4 is 0 Å². The van der Waals surface area contributed by atoms with Crippen molar-refractivity contribution in [3.8, 4) is 11.1 Å². The molecule has 0 radical (unpaired) electrons. The molecule has 1 unspecified atom stereocenters. The maximum Gasteiger partial charge on any atom is 0.213 e. The van der Waals surface area contributed by atoms with E-state index in [1.54, 1.807) is 84.3 Å². The van der Waals surface area contributed by atoms with E-state index >= 15 is 4.39 Å². The van der Waals surface area contributed by atoms with Crippen LogP contribution in [0, 0.1) is 12.7 Å². The predicted molar refractivity (Wildman–Crippen MR) is 143 cm³/mol. The van der Waals surface area contributed by atoms with E-state index in [0.717, 1.165) is 6.07 Å². The van der Waals surface area contributed by atoms with Crippen LogP contribution in [0.3, 0.4) is 0 Å². The van der Waals surface area contributed by atoms with Crippen molar-refractivity contribution in [2.45, 2.75) is 13.0 Å². The second-order valence-corrected chi connectivity index (χ2v) is 9.42. The fraction of sp³-hybridized carbons (Fsp3) is 0.0667. The average Bonchev–Trinajstić information content (AvgIpc) is 3.19. The van der Waals surface area contributed by atoms with Crippen LogP contribution in [0.15, 0.2) is 91.1 Å². The highest BCUT2D eigenvalue weighted by Gasteiger charge is 2.27. The van der Waals surface area contributed by atoms with Gasteiger partial charge >= 0.3 is 0 Å². The fourth-order valence-electron chi connectivity index (χ4n) is 4.60. The number of rotatable bonds is 6. The Balaban J connectivity index is 1.62. The molecular formula is C30H20Cl2FNO3. The van der Waals surface area contributed by atoms with Crippen molar-refractivity contribution in [2.75, 3.05) is 0 Å². The van der Waals surface area contributed by atoms with Gasteiger partial charge in [0.05, 0.1) is 26.8 Å². The minimum atomic E-state index is -1.52. The van der Waals surface area contributed by atoms with Crippen LogP contribution in [-0.4, -0.2) is 21.1 Å². The zero-order valence-corrected chi connectivity index (χ0v) is 21.1. The van der Waals surface area contributed by atoms with E-state index in [1.807, 2.05) is 0 Å². The van der Waals surface area contributed by atoms with Gasteiger partial charge in [0.25, 0.3) is 0 Å². The van der Waals surface area contributed by atoms with Crippen molar-refractivity contribution in [1.82, 2.24) is 4.40 Å². The Morgan fingerprint density at radius 3 is 2.24 bits per heavy atom. The summed E-state index contributed by atoms with van der Waals surface area (Å²) in [4.78, 5) is 26.3. The number of pyridine rings is 1. The van der Waals surface area contributed by atoms with Crippen LogP contribution >= 0.6 is 23.2 Å². The molecule has 184 valence electrons. The Kier molecular flexibility index (Phi) is 6.69. The van der Waals surface area contributed by atoms with Crippen molar-refractivity contribution >= 4 is 40.3 Å². The van der Waals surface area contributed by atoms with E-state index in [-0.39, 0.29) is 32.5 Å². The molecule has 5 aromatic rings. The van der Waals surface area contributed by atoms with E-state index in [0.29, 0.717) is 27.9 Å². The summed E-state index contributed by atoms with van der Waals surface area (Å²) < 4.78 is 17.3. The third kappa shape index (κ3) is 4.36. The number of carbonyl (C=O) groups is 2. The monoisotopic (exact) mass is 531 g/mol. The van der Waals surface area contributed by atoms with Crippen LogP contribution in [0.25, 0.3) is 16.6 Å². The first-order chi connectivity index (χ1) is 17.8. The Morgan fingerprint density at radius 2 is 1.57 bits per heavy atom. The van der Waals surface area contributed by atoms with Gasteiger partial charge in [-0.05, 0) is 48.4 Å². The Morgan fingerprint density at radius 1 is 0.892 bits per heavy atom. The standard InChI is InChI=1S/C30H20Cl2FNO3/c1-17-25(20-14-13-19(16-23(20)33)29(36)28(35)18-8-3-2-4-9-18)24-12-5-6-15-34(24)27(17)30(37)26-21(31)10-7-11-22(26)32/h2-16,29,36H,1H3. The zero-order chi connectivity index (χ0) is 26.3. The summed E-state index contributed by atoms with van der Waals surface area (Å²) in [7, 11) is 0. The van der Waals surface area contributed by atoms with Gasteiger partial charge in [-0.15, -0.1) is 0 Å². The first-order valence-corrected chi connectivity index (χ1v) is 12.2. The Bertz CT molecular complexity index is 1660. The lowest BCUT2D eigenvalue weighted by atomic mass is 9.95. The number of carbonyl (C=O) groups excluding carboxylic acids is 2. The Hall–Kier alpha value is -3.77. The second-order valence-electron chi connectivity index (χ2n) is 8.60. The van der Waals surface area contributed by atoms with Crippen LogP contribution in [0.4, 0.5) is 4.39 Å². The molecule has 0 spiro atoms. The fourth-order valence-corrected chi connectivity index (χ4v) is 5.17. The molecule has 0 aliphatic rings. The van der Waals surface area contributed by atoms with Gasteiger partial charge in [0, 0.05) is 22.9 Å². The number of ketones is 2. The minimum Gasteiger partial charge on any atom is -0.380 e. The summed E-state index contributed by atoms with van der Waals surface area (Å²) in [6.45, 7) is 1.74. The summed E-state index contributed by atoms with van der Waals surface area (Å²) >= 11 is 12.6. The molecule has 0 aliphatic heterocycles.